The minimum absolute atomic E-state index is 0.519. The highest BCUT2D eigenvalue weighted by molar-refractivity contribution is 5.07. The number of nitrogens with one attached hydrogen (secondary N) is 1. The lowest BCUT2D eigenvalue weighted by Crippen LogP contribution is -2.35. The quantitative estimate of drug-likeness (QED) is 0.902. The van der Waals surface area contributed by atoms with Gasteiger partial charge in [-0.1, -0.05) is 13.3 Å². The molecule has 1 saturated carbocycles. The van der Waals surface area contributed by atoms with Gasteiger partial charge in [-0.2, -0.15) is 0 Å². The molecule has 0 aromatic carbocycles. The second-order valence-corrected chi connectivity index (χ2v) is 6.81. The van der Waals surface area contributed by atoms with Crippen LogP contribution in [0.5, 0.6) is 0 Å². The predicted molar refractivity (Wildman–Crippen MR) is 77.9 cm³/mol. The molecule has 4 atom stereocenters. The Balaban J connectivity index is 1.67. The van der Waals surface area contributed by atoms with E-state index in [0.29, 0.717) is 12.1 Å². The fraction of sp³-hybridized carbons (Fsp3) is 0.812. The number of aromatic nitrogens is 2. The number of nitrogens with zero attached hydrogens (tertiary/aromatic N) is 2. The summed E-state index contributed by atoms with van der Waals surface area (Å²) in [7, 11) is 0. The van der Waals surface area contributed by atoms with Crippen molar-refractivity contribution in [2.75, 3.05) is 0 Å². The van der Waals surface area contributed by atoms with Gasteiger partial charge in [-0.3, -0.25) is 0 Å². The van der Waals surface area contributed by atoms with E-state index in [0.717, 1.165) is 11.8 Å². The topological polar surface area (TPSA) is 29.9 Å². The van der Waals surface area contributed by atoms with Gasteiger partial charge in [-0.05, 0) is 50.9 Å². The van der Waals surface area contributed by atoms with Gasteiger partial charge in [0.25, 0.3) is 0 Å². The normalized spacial score (nSPS) is 35.7. The molecule has 1 aromatic heterocycles. The Kier molecular flexibility index (Phi) is 3.92. The average Bonchev–Trinajstić information content (AvgIpc) is 2.99. The predicted octanol–water partition coefficient (Wildman–Crippen LogP) is 3.52. The molecule has 0 bridgehead atoms. The SMILES string of the molecule is CC1CCC(Cn2cncc2C2CCCC(C)N2)C1. The molecule has 0 amide bonds. The summed E-state index contributed by atoms with van der Waals surface area (Å²) >= 11 is 0. The van der Waals surface area contributed by atoms with Crippen molar-refractivity contribution in [2.45, 2.75) is 71.0 Å². The van der Waals surface area contributed by atoms with Gasteiger partial charge in [-0.15, -0.1) is 0 Å². The summed E-state index contributed by atoms with van der Waals surface area (Å²) in [6.45, 7) is 5.86. The van der Waals surface area contributed by atoms with Crippen molar-refractivity contribution >= 4 is 0 Å². The molecule has 3 rings (SSSR count). The van der Waals surface area contributed by atoms with Gasteiger partial charge in [0.05, 0.1) is 12.0 Å². The Morgan fingerprint density at radius 1 is 1.26 bits per heavy atom. The molecule has 19 heavy (non-hydrogen) atoms. The molecule has 106 valence electrons. The van der Waals surface area contributed by atoms with Crippen molar-refractivity contribution in [1.82, 2.24) is 14.9 Å². The lowest BCUT2D eigenvalue weighted by atomic mass is 9.97. The maximum atomic E-state index is 4.41. The number of rotatable bonds is 3. The van der Waals surface area contributed by atoms with Crippen LogP contribution in [-0.2, 0) is 6.54 Å². The van der Waals surface area contributed by atoms with Crippen LogP contribution in [0.2, 0.25) is 0 Å². The average molecular weight is 261 g/mol. The lowest BCUT2D eigenvalue weighted by Gasteiger charge is -2.29. The summed E-state index contributed by atoms with van der Waals surface area (Å²) in [6.07, 6.45) is 12.2. The van der Waals surface area contributed by atoms with E-state index in [1.54, 1.807) is 0 Å². The van der Waals surface area contributed by atoms with Crippen LogP contribution >= 0.6 is 0 Å². The van der Waals surface area contributed by atoms with E-state index in [4.69, 9.17) is 0 Å². The van der Waals surface area contributed by atoms with Crippen LogP contribution in [0.25, 0.3) is 0 Å². The smallest absolute Gasteiger partial charge is 0.0948 e. The monoisotopic (exact) mass is 261 g/mol. The van der Waals surface area contributed by atoms with Crippen molar-refractivity contribution in [3.05, 3.63) is 18.2 Å². The van der Waals surface area contributed by atoms with Crippen molar-refractivity contribution < 1.29 is 0 Å². The Bertz CT molecular complexity index is 412. The van der Waals surface area contributed by atoms with E-state index >= 15 is 0 Å². The highest BCUT2D eigenvalue weighted by atomic mass is 15.1. The number of hydrogen-bond donors (Lipinski definition) is 1. The molecule has 3 nitrogen and oxygen atoms in total. The zero-order chi connectivity index (χ0) is 13.2. The minimum atomic E-state index is 0.519. The van der Waals surface area contributed by atoms with Crippen LogP contribution in [0.1, 0.15) is 64.1 Å². The first kappa shape index (κ1) is 13.2. The highest BCUT2D eigenvalue weighted by Gasteiger charge is 2.25. The van der Waals surface area contributed by atoms with Crippen LogP contribution in [-0.4, -0.2) is 15.6 Å². The second-order valence-electron chi connectivity index (χ2n) is 6.81. The van der Waals surface area contributed by atoms with Gasteiger partial charge in [0.2, 0.25) is 0 Å². The van der Waals surface area contributed by atoms with Crippen LogP contribution < -0.4 is 5.32 Å². The van der Waals surface area contributed by atoms with E-state index in [1.165, 1.54) is 50.8 Å². The number of hydrogen-bond acceptors (Lipinski definition) is 2. The molecule has 1 aliphatic heterocycles. The molecule has 4 unspecified atom stereocenters. The summed E-state index contributed by atoms with van der Waals surface area (Å²) in [5.41, 5.74) is 1.41. The van der Waals surface area contributed by atoms with Gasteiger partial charge in [-0.25, -0.2) is 4.98 Å². The van der Waals surface area contributed by atoms with Crippen molar-refractivity contribution in [1.29, 1.82) is 0 Å². The van der Waals surface area contributed by atoms with Crippen LogP contribution in [0, 0.1) is 11.8 Å². The van der Waals surface area contributed by atoms with E-state index in [-0.39, 0.29) is 0 Å². The van der Waals surface area contributed by atoms with Crippen LogP contribution in [0.15, 0.2) is 12.5 Å². The first-order valence-corrected chi connectivity index (χ1v) is 7.98. The number of imidazole rings is 1. The zero-order valence-corrected chi connectivity index (χ0v) is 12.3. The third-order valence-corrected chi connectivity index (χ3v) is 4.98. The fourth-order valence-electron chi connectivity index (χ4n) is 3.91. The Labute approximate surface area is 116 Å². The van der Waals surface area contributed by atoms with Gasteiger partial charge in [0.15, 0.2) is 0 Å². The molecule has 3 heteroatoms. The van der Waals surface area contributed by atoms with Crippen LogP contribution in [0.4, 0.5) is 0 Å². The number of piperidine rings is 1. The van der Waals surface area contributed by atoms with Crippen molar-refractivity contribution in [3.8, 4) is 0 Å². The van der Waals surface area contributed by atoms with E-state index < -0.39 is 0 Å². The van der Waals surface area contributed by atoms with Gasteiger partial charge < -0.3 is 9.88 Å². The fourth-order valence-corrected chi connectivity index (χ4v) is 3.91. The summed E-state index contributed by atoms with van der Waals surface area (Å²) in [6, 6.07) is 1.17. The molecule has 2 fully saturated rings. The first-order valence-electron chi connectivity index (χ1n) is 7.98. The molecule has 1 aromatic rings. The molecule has 2 aliphatic rings. The highest BCUT2D eigenvalue weighted by Crippen LogP contribution is 2.33. The van der Waals surface area contributed by atoms with E-state index in [1.807, 2.05) is 6.33 Å². The Morgan fingerprint density at radius 2 is 2.16 bits per heavy atom. The standard InChI is InChI=1S/C16H27N3/c1-12-6-7-14(8-12)10-19-11-17-9-16(19)15-5-3-4-13(2)18-15/h9,11-15,18H,3-8,10H2,1-2H3. The largest absolute Gasteiger partial charge is 0.333 e. The molecule has 1 N–H and O–H groups in total. The van der Waals surface area contributed by atoms with Gasteiger partial charge >= 0.3 is 0 Å². The summed E-state index contributed by atoms with van der Waals surface area (Å²) in [4.78, 5) is 4.41. The zero-order valence-electron chi connectivity index (χ0n) is 12.3. The van der Waals surface area contributed by atoms with Gasteiger partial charge in [0, 0.05) is 24.8 Å². The Morgan fingerprint density at radius 3 is 2.89 bits per heavy atom. The first-order chi connectivity index (χ1) is 9.22. The van der Waals surface area contributed by atoms with Crippen molar-refractivity contribution in [2.24, 2.45) is 11.8 Å². The minimum Gasteiger partial charge on any atom is -0.333 e. The van der Waals surface area contributed by atoms with E-state index in [2.05, 4.69) is 34.9 Å². The third kappa shape index (κ3) is 3.02. The molecule has 1 saturated heterocycles. The Hall–Kier alpha value is -0.830. The maximum absolute atomic E-state index is 4.41. The summed E-state index contributed by atoms with van der Waals surface area (Å²) < 4.78 is 2.42. The van der Waals surface area contributed by atoms with Crippen LogP contribution in [0.3, 0.4) is 0 Å². The van der Waals surface area contributed by atoms with E-state index in [9.17, 15) is 0 Å². The second kappa shape index (κ2) is 5.66. The molecule has 0 radical (unpaired) electrons. The molecule has 1 aliphatic carbocycles. The molecular formula is C16H27N3. The third-order valence-electron chi connectivity index (χ3n) is 4.98. The van der Waals surface area contributed by atoms with Gasteiger partial charge in [0.1, 0.15) is 0 Å². The lowest BCUT2D eigenvalue weighted by molar-refractivity contribution is 0.322. The summed E-state index contributed by atoms with van der Waals surface area (Å²) in [5.74, 6) is 1.79. The summed E-state index contributed by atoms with van der Waals surface area (Å²) in [5, 5.41) is 3.73. The molecular weight excluding hydrogens is 234 g/mol. The molecule has 2 heterocycles. The van der Waals surface area contributed by atoms with Crippen molar-refractivity contribution in [3.63, 3.8) is 0 Å². The molecule has 0 spiro atoms. The maximum Gasteiger partial charge on any atom is 0.0948 e.